The van der Waals surface area contributed by atoms with Gasteiger partial charge in [-0.15, -0.1) is 0 Å². The molecule has 128 valence electrons. The van der Waals surface area contributed by atoms with Gasteiger partial charge in [0.2, 0.25) is 0 Å². The van der Waals surface area contributed by atoms with Crippen LogP contribution >= 0.6 is 15.9 Å². The summed E-state index contributed by atoms with van der Waals surface area (Å²) in [5, 5.41) is 0. The van der Waals surface area contributed by atoms with E-state index in [1.807, 2.05) is 25.1 Å². The van der Waals surface area contributed by atoms with Gasteiger partial charge in [-0.1, -0.05) is 15.9 Å². The number of aryl methyl sites for hydroxylation is 1. The van der Waals surface area contributed by atoms with Gasteiger partial charge in [-0.05, 0) is 51.2 Å². The van der Waals surface area contributed by atoms with Crippen molar-refractivity contribution in [3.63, 3.8) is 0 Å². The Morgan fingerprint density at radius 3 is 2.33 bits per heavy atom. The number of hydrogen-bond donors (Lipinski definition) is 0. The highest BCUT2D eigenvalue weighted by Crippen LogP contribution is 2.23. The number of ketones is 1. The number of halogens is 1. The van der Waals surface area contributed by atoms with Gasteiger partial charge in [0.05, 0.1) is 6.54 Å². The van der Waals surface area contributed by atoms with E-state index >= 15 is 0 Å². The van der Waals surface area contributed by atoms with Gasteiger partial charge in [-0.3, -0.25) is 9.69 Å². The number of piperazine rings is 1. The predicted octanol–water partition coefficient (Wildman–Crippen LogP) is 3.29. The lowest BCUT2D eigenvalue weighted by Gasteiger charge is -2.31. The number of Topliss-reactive ketones (excluding diaryl/α,β-unsaturated/α-hetero) is 1. The number of likely N-dealkylation sites (N-methyl/N-ethyl adjacent to an activating group) is 1. The lowest BCUT2D eigenvalue weighted by atomic mass is 10.1. The Morgan fingerprint density at radius 2 is 1.71 bits per heavy atom. The van der Waals surface area contributed by atoms with E-state index in [-0.39, 0.29) is 5.78 Å². The molecule has 0 bridgehead atoms. The fraction of sp³-hybridized carbons (Fsp3) is 0.421. The number of hydrogen-bond acceptors (Lipinski definition) is 3. The summed E-state index contributed by atoms with van der Waals surface area (Å²) in [6.07, 6.45) is 0. The zero-order valence-electron chi connectivity index (χ0n) is 14.6. The summed E-state index contributed by atoms with van der Waals surface area (Å²) in [5.41, 5.74) is 4.05. The van der Waals surface area contributed by atoms with E-state index in [1.165, 1.54) is 0 Å². The minimum atomic E-state index is 0.219. The van der Waals surface area contributed by atoms with Crippen molar-refractivity contribution >= 4 is 21.7 Å². The molecule has 2 heterocycles. The Labute approximate surface area is 152 Å². The molecule has 3 rings (SSSR count). The van der Waals surface area contributed by atoms with E-state index < -0.39 is 0 Å². The average molecular weight is 390 g/mol. The van der Waals surface area contributed by atoms with Crippen LogP contribution < -0.4 is 0 Å². The molecule has 0 spiro atoms. The summed E-state index contributed by atoms with van der Waals surface area (Å²) in [6, 6.07) is 10.2. The minimum Gasteiger partial charge on any atom is -0.318 e. The fourth-order valence-electron chi connectivity index (χ4n) is 3.33. The van der Waals surface area contributed by atoms with Gasteiger partial charge in [-0.25, -0.2) is 0 Å². The highest BCUT2D eigenvalue weighted by Gasteiger charge is 2.21. The first kappa shape index (κ1) is 17.4. The van der Waals surface area contributed by atoms with Crippen molar-refractivity contribution in [3.8, 4) is 5.69 Å². The zero-order valence-corrected chi connectivity index (χ0v) is 16.1. The van der Waals surface area contributed by atoms with Gasteiger partial charge in [-0.2, -0.15) is 0 Å². The molecule has 1 fully saturated rings. The molecule has 2 aromatic rings. The zero-order chi connectivity index (χ0) is 17.3. The minimum absolute atomic E-state index is 0.219. The SMILES string of the molecule is Cc1cc(C(=O)CN2CCN(C)CC2)c(C)n1-c1ccc(Br)cc1. The van der Waals surface area contributed by atoms with Crippen LogP contribution in [0.4, 0.5) is 0 Å². The Morgan fingerprint density at radius 1 is 1.08 bits per heavy atom. The van der Waals surface area contributed by atoms with E-state index in [4.69, 9.17) is 0 Å². The van der Waals surface area contributed by atoms with Gasteiger partial charge in [0, 0.05) is 53.3 Å². The smallest absolute Gasteiger partial charge is 0.178 e. The summed E-state index contributed by atoms with van der Waals surface area (Å²) < 4.78 is 3.21. The van der Waals surface area contributed by atoms with Gasteiger partial charge in [0.1, 0.15) is 0 Å². The topological polar surface area (TPSA) is 28.5 Å². The van der Waals surface area contributed by atoms with Crippen LogP contribution in [0, 0.1) is 13.8 Å². The molecule has 0 saturated carbocycles. The quantitative estimate of drug-likeness (QED) is 0.751. The number of carbonyl (C=O) groups excluding carboxylic acids is 1. The van der Waals surface area contributed by atoms with Crippen LogP contribution in [0.2, 0.25) is 0 Å². The maximum Gasteiger partial charge on any atom is 0.178 e. The first-order valence-corrected chi connectivity index (χ1v) is 9.14. The number of carbonyl (C=O) groups is 1. The fourth-order valence-corrected chi connectivity index (χ4v) is 3.59. The van der Waals surface area contributed by atoms with Crippen molar-refractivity contribution in [1.82, 2.24) is 14.4 Å². The van der Waals surface area contributed by atoms with Crippen molar-refractivity contribution in [2.24, 2.45) is 0 Å². The summed E-state index contributed by atoms with van der Waals surface area (Å²) in [7, 11) is 2.13. The molecule has 4 nitrogen and oxygen atoms in total. The Balaban J connectivity index is 1.80. The van der Waals surface area contributed by atoms with Crippen molar-refractivity contribution in [1.29, 1.82) is 0 Å². The molecule has 1 aliphatic rings. The molecule has 1 aromatic carbocycles. The van der Waals surface area contributed by atoms with Crippen molar-refractivity contribution in [2.45, 2.75) is 13.8 Å². The molecular formula is C19H24BrN3O. The number of benzene rings is 1. The second-order valence-electron chi connectivity index (χ2n) is 6.60. The number of rotatable bonds is 4. The maximum atomic E-state index is 12.8. The molecule has 0 unspecified atom stereocenters. The first-order chi connectivity index (χ1) is 11.5. The van der Waals surface area contributed by atoms with Gasteiger partial charge in [0.15, 0.2) is 5.78 Å². The molecule has 1 saturated heterocycles. The number of aromatic nitrogens is 1. The highest BCUT2D eigenvalue weighted by atomic mass is 79.9. The lowest BCUT2D eigenvalue weighted by Crippen LogP contribution is -2.46. The average Bonchev–Trinajstić information content (AvgIpc) is 2.85. The van der Waals surface area contributed by atoms with E-state index in [0.29, 0.717) is 6.54 Å². The molecule has 0 N–H and O–H groups in total. The van der Waals surface area contributed by atoms with E-state index in [9.17, 15) is 4.79 Å². The molecule has 0 aliphatic carbocycles. The first-order valence-electron chi connectivity index (χ1n) is 8.34. The summed E-state index contributed by atoms with van der Waals surface area (Å²) in [5.74, 6) is 0.219. The van der Waals surface area contributed by atoms with Crippen molar-refractivity contribution in [3.05, 3.63) is 51.8 Å². The maximum absolute atomic E-state index is 12.8. The van der Waals surface area contributed by atoms with Gasteiger partial charge in [0.25, 0.3) is 0 Å². The summed E-state index contributed by atoms with van der Waals surface area (Å²) in [6.45, 7) is 8.60. The molecule has 0 radical (unpaired) electrons. The molecule has 1 aliphatic heterocycles. The Kier molecular flexibility index (Phi) is 5.23. The molecule has 5 heteroatoms. The van der Waals surface area contributed by atoms with Crippen molar-refractivity contribution < 1.29 is 4.79 Å². The van der Waals surface area contributed by atoms with Crippen LogP contribution in [-0.2, 0) is 0 Å². The summed E-state index contributed by atoms with van der Waals surface area (Å²) in [4.78, 5) is 17.4. The van der Waals surface area contributed by atoms with Crippen LogP contribution in [-0.4, -0.2) is 59.9 Å². The largest absolute Gasteiger partial charge is 0.318 e. The van der Waals surface area contributed by atoms with Gasteiger partial charge >= 0.3 is 0 Å². The highest BCUT2D eigenvalue weighted by molar-refractivity contribution is 9.10. The van der Waals surface area contributed by atoms with E-state index in [2.05, 4.69) is 56.4 Å². The van der Waals surface area contributed by atoms with Crippen LogP contribution in [0.25, 0.3) is 5.69 Å². The van der Waals surface area contributed by atoms with Crippen molar-refractivity contribution in [2.75, 3.05) is 39.8 Å². The predicted molar refractivity (Wildman–Crippen MR) is 101 cm³/mol. The molecule has 0 amide bonds. The molecule has 24 heavy (non-hydrogen) atoms. The monoisotopic (exact) mass is 389 g/mol. The van der Waals surface area contributed by atoms with E-state index in [0.717, 1.165) is 53.3 Å². The molecule has 0 atom stereocenters. The Bertz CT molecular complexity index is 728. The van der Waals surface area contributed by atoms with Crippen LogP contribution in [0.3, 0.4) is 0 Å². The Hall–Kier alpha value is -1.43. The van der Waals surface area contributed by atoms with Gasteiger partial charge < -0.3 is 9.47 Å². The third kappa shape index (κ3) is 3.63. The second-order valence-corrected chi connectivity index (χ2v) is 7.51. The second kappa shape index (κ2) is 7.21. The van der Waals surface area contributed by atoms with Crippen LogP contribution in [0.1, 0.15) is 21.7 Å². The summed E-state index contributed by atoms with van der Waals surface area (Å²) >= 11 is 3.47. The number of nitrogens with zero attached hydrogens (tertiary/aromatic N) is 3. The van der Waals surface area contributed by atoms with E-state index in [1.54, 1.807) is 0 Å². The molecule has 1 aromatic heterocycles. The molecular weight excluding hydrogens is 366 g/mol. The third-order valence-electron chi connectivity index (χ3n) is 4.78. The van der Waals surface area contributed by atoms with Crippen LogP contribution in [0.15, 0.2) is 34.8 Å². The lowest BCUT2D eigenvalue weighted by molar-refractivity contribution is 0.0876. The van der Waals surface area contributed by atoms with Crippen LogP contribution in [0.5, 0.6) is 0 Å². The standard InChI is InChI=1S/C19H24BrN3O/c1-14-12-18(19(24)13-22-10-8-21(3)9-11-22)15(2)23(14)17-6-4-16(20)5-7-17/h4-7,12H,8-11,13H2,1-3H3. The normalized spacial score (nSPS) is 16.5. The third-order valence-corrected chi connectivity index (χ3v) is 5.31.